The molecule has 2 amide bonds. The smallest absolute Gasteiger partial charge is 0.308 e. The Morgan fingerprint density at radius 3 is 2.26 bits per heavy atom. The number of nitrogens with zero attached hydrogens (tertiary/aromatic N) is 1. The van der Waals surface area contributed by atoms with Crippen molar-refractivity contribution in [2.75, 3.05) is 13.1 Å². The zero-order valence-electron chi connectivity index (χ0n) is 14.9. The van der Waals surface area contributed by atoms with Crippen LogP contribution >= 0.6 is 0 Å². The van der Waals surface area contributed by atoms with E-state index in [0.29, 0.717) is 24.9 Å². The lowest BCUT2D eigenvalue weighted by atomic mass is 10.0. The first kappa shape index (κ1) is 18.6. The predicted octanol–water partition coefficient (Wildman–Crippen LogP) is 1.96. The number of aliphatic carboxylic acids is 1. The molecule has 1 heterocycles. The van der Waals surface area contributed by atoms with E-state index < -0.39 is 17.9 Å². The summed E-state index contributed by atoms with van der Waals surface area (Å²) in [4.78, 5) is 38.3. The second-order valence-electron chi connectivity index (χ2n) is 6.69. The quantitative estimate of drug-likeness (QED) is 0.818. The van der Waals surface area contributed by atoms with Gasteiger partial charge in [-0.1, -0.05) is 48.5 Å². The Morgan fingerprint density at radius 2 is 1.67 bits per heavy atom. The van der Waals surface area contributed by atoms with Crippen molar-refractivity contribution in [3.63, 3.8) is 0 Å². The van der Waals surface area contributed by atoms with Gasteiger partial charge in [-0.15, -0.1) is 0 Å². The fourth-order valence-electron chi connectivity index (χ4n) is 3.26. The molecule has 2 aromatic carbocycles. The van der Waals surface area contributed by atoms with Crippen molar-refractivity contribution in [2.45, 2.75) is 18.9 Å². The molecule has 0 bridgehead atoms. The Kier molecular flexibility index (Phi) is 5.86. The van der Waals surface area contributed by atoms with Crippen LogP contribution in [-0.4, -0.2) is 46.9 Å². The Morgan fingerprint density at radius 1 is 1.04 bits per heavy atom. The first-order valence-electron chi connectivity index (χ1n) is 8.96. The van der Waals surface area contributed by atoms with E-state index in [2.05, 4.69) is 5.32 Å². The van der Waals surface area contributed by atoms with Crippen molar-refractivity contribution < 1.29 is 19.5 Å². The third-order valence-electron chi connectivity index (χ3n) is 4.77. The van der Waals surface area contributed by atoms with Crippen molar-refractivity contribution in [1.82, 2.24) is 10.2 Å². The topological polar surface area (TPSA) is 86.7 Å². The maximum absolute atomic E-state index is 13.0. The molecule has 0 aromatic heterocycles. The lowest BCUT2D eigenvalue weighted by molar-refractivity contribution is -0.141. The van der Waals surface area contributed by atoms with Gasteiger partial charge in [-0.2, -0.15) is 0 Å². The van der Waals surface area contributed by atoms with Crippen LogP contribution in [0.5, 0.6) is 0 Å². The Bertz CT molecular complexity index is 807. The van der Waals surface area contributed by atoms with Gasteiger partial charge in [0.25, 0.3) is 5.91 Å². The number of carboxylic acids is 1. The predicted molar refractivity (Wildman–Crippen MR) is 100 cm³/mol. The Balaban J connectivity index is 1.76. The summed E-state index contributed by atoms with van der Waals surface area (Å²) in [6, 6.07) is 17.4. The molecule has 3 rings (SSSR count). The molecule has 1 fully saturated rings. The van der Waals surface area contributed by atoms with E-state index >= 15 is 0 Å². The van der Waals surface area contributed by atoms with Crippen LogP contribution in [0.1, 0.15) is 22.3 Å². The maximum Gasteiger partial charge on any atom is 0.308 e. The van der Waals surface area contributed by atoms with Crippen molar-refractivity contribution in [3.8, 4) is 0 Å². The van der Waals surface area contributed by atoms with Crippen LogP contribution in [0.15, 0.2) is 60.7 Å². The van der Waals surface area contributed by atoms with Gasteiger partial charge in [0, 0.05) is 25.1 Å². The van der Waals surface area contributed by atoms with Gasteiger partial charge in [-0.05, 0) is 24.1 Å². The van der Waals surface area contributed by atoms with E-state index in [-0.39, 0.29) is 18.4 Å². The minimum absolute atomic E-state index is 0.181. The highest BCUT2D eigenvalue weighted by Crippen LogP contribution is 2.18. The SMILES string of the molecule is O=C(NC(Cc1ccccc1)C(=O)N1CCC(C(=O)O)C1)c1ccccc1. The Labute approximate surface area is 157 Å². The molecule has 0 radical (unpaired) electrons. The van der Waals surface area contributed by atoms with Gasteiger partial charge in [0.15, 0.2) is 0 Å². The lowest BCUT2D eigenvalue weighted by Gasteiger charge is -2.24. The fraction of sp³-hybridized carbons (Fsp3) is 0.286. The number of hydrogen-bond acceptors (Lipinski definition) is 3. The molecular formula is C21H22N2O4. The number of carbonyl (C=O) groups excluding carboxylic acids is 2. The van der Waals surface area contributed by atoms with Crippen LogP contribution in [0.3, 0.4) is 0 Å². The van der Waals surface area contributed by atoms with Crippen LogP contribution in [-0.2, 0) is 16.0 Å². The highest BCUT2D eigenvalue weighted by Gasteiger charge is 2.34. The normalized spacial score (nSPS) is 17.3. The average molecular weight is 366 g/mol. The van der Waals surface area contributed by atoms with Gasteiger partial charge in [-0.3, -0.25) is 14.4 Å². The summed E-state index contributed by atoms with van der Waals surface area (Å²) in [5, 5.41) is 12.0. The molecule has 1 saturated heterocycles. The second kappa shape index (κ2) is 8.49. The van der Waals surface area contributed by atoms with Crippen LogP contribution < -0.4 is 5.32 Å². The maximum atomic E-state index is 13.0. The van der Waals surface area contributed by atoms with Gasteiger partial charge in [0.2, 0.25) is 5.91 Å². The van der Waals surface area contributed by atoms with E-state index in [1.165, 1.54) is 4.90 Å². The number of rotatable bonds is 6. The summed E-state index contributed by atoms with van der Waals surface area (Å²) in [6.07, 6.45) is 0.790. The molecule has 1 aliphatic rings. The molecule has 2 N–H and O–H groups in total. The monoisotopic (exact) mass is 366 g/mol. The van der Waals surface area contributed by atoms with Crippen LogP contribution in [0, 0.1) is 5.92 Å². The van der Waals surface area contributed by atoms with Crippen LogP contribution in [0.4, 0.5) is 0 Å². The summed E-state index contributed by atoms with van der Waals surface area (Å²) in [6.45, 7) is 0.572. The molecule has 1 aliphatic heterocycles. The number of benzene rings is 2. The number of likely N-dealkylation sites (tertiary alicyclic amines) is 1. The van der Waals surface area contributed by atoms with E-state index in [1.807, 2.05) is 36.4 Å². The molecule has 2 aromatic rings. The van der Waals surface area contributed by atoms with E-state index in [4.69, 9.17) is 0 Å². The van der Waals surface area contributed by atoms with E-state index in [1.54, 1.807) is 24.3 Å². The molecule has 2 atom stereocenters. The third-order valence-corrected chi connectivity index (χ3v) is 4.77. The van der Waals surface area contributed by atoms with Crippen molar-refractivity contribution >= 4 is 17.8 Å². The van der Waals surface area contributed by atoms with Crippen LogP contribution in [0.2, 0.25) is 0 Å². The third kappa shape index (κ3) is 4.73. The molecule has 2 unspecified atom stereocenters. The van der Waals surface area contributed by atoms with Crippen molar-refractivity contribution in [1.29, 1.82) is 0 Å². The summed E-state index contributed by atoms with van der Waals surface area (Å²) in [7, 11) is 0. The summed E-state index contributed by atoms with van der Waals surface area (Å²) in [5.74, 6) is -2.00. The van der Waals surface area contributed by atoms with E-state index in [0.717, 1.165) is 5.56 Å². The number of amides is 2. The van der Waals surface area contributed by atoms with E-state index in [9.17, 15) is 19.5 Å². The molecule has 0 aliphatic carbocycles. The lowest BCUT2D eigenvalue weighted by Crippen LogP contribution is -2.49. The standard InChI is InChI=1S/C21H22N2O4/c24-19(16-9-5-2-6-10-16)22-18(13-15-7-3-1-4-8-15)20(25)23-12-11-17(14-23)21(26)27/h1-10,17-18H,11-14H2,(H,22,24)(H,26,27). The zero-order chi connectivity index (χ0) is 19.2. The molecular weight excluding hydrogens is 344 g/mol. The number of nitrogens with one attached hydrogen (secondary N) is 1. The zero-order valence-corrected chi connectivity index (χ0v) is 14.9. The first-order chi connectivity index (χ1) is 13.0. The molecule has 140 valence electrons. The highest BCUT2D eigenvalue weighted by molar-refractivity contribution is 5.97. The second-order valence-corrected chi connectivity index (χ2v) is 6.69. The van der Waals surface area contributed by atoms with Gasteiger partial charge in [-0.25, -0.2) is 0 Å². The fourth-order valence-corrected chi connectivity index (χ4v) is 3.26. The van der Waals surface area contributed by atoms with Gasteiger partial charge in [0.05, 0.1) is 5.92 Å². The number of carbonyl (C=O) groups is 3. The number of carboxylic acid groups (broad SMARTS) is 1. The largest absolute Gasteiger partial charge is 0.481 e. The molecule has 6 heteroatoms. The minimum Gasteiger partial charge on any atom is -0.481 e. The summed E-state index contributed by atoms with van der Waals surface area (Å²) >= 11 is 0. The summed E-state index contributed by atoms with van der Waals surface area (Å²) < 4.78 is 0. The van der Waals surface area contributed by atoms with Crippen LogP contribution in [0.25, 0.3) is 0 Å². The first-order valence-corrected chi connectivity index (χ1v) is 8.96. The molecule has 6 nitrogen and oxygen atoms in total. The van der Waals surface area contributed by atoms with Crippen molar-refractivity contribution in [2.24, 2.45) is 5.92 Å². The number of hydrogen-bond donors (Lipinski definition) is 2. The highest BCUT2D eigenvalue weighted by atomic mass is 16.4. The van der Waals surface area contributed by atoms with Gasteiger partial charge < -0.3 is 15.3 Å². The molecule has 0 saturated carbocycles. The Hall–Kier alpha value is -3.15. The average Bonchev–Trinajstić information content (AvgIpc) is 3.19. The summed E-state index contributed by atoms with van der Waals surface area (Å²) in [5.41, 5.74) is 1.41. The minimum atomic E-state index is -0.891. The van der Waals surface area contributed by atoms with Gasteiger partial charge >= 0.3 is 5.97 Å². The molecule has 27 heavy (non-hydrogen) atoms. The molecule has 0 spiro atoms. The van der Waals surface area contributed by atoms with Gasteiger partial charge in [0.1, 0.15) is 6.04 Å². The van der Waals surface area contributed by atoms with Crippen molar-refractivity contribution in [3.05, 3.63) is 71.8 Å².